The van der Waals surface area contributed by atoms with Gasteiger partial charge in [0.15, 0.2) is 5.82 Å². The summed E-state index contributed by atoms with van der Waals surface area (Å²) in [6.45, 7) is 5.28. The van der Waals surface area contributed by atoms with Gasteiger partial charge in [-0.3, -0.25) is 0 Å². The standard InChI is InChI=1S/C20H23N5O/c1-15-14-25(11-10-24(15)2)19-9-8-17(13-21-19)20-22-18(23-26-20)12-16-6-4-3-5-7-16/h3-9,13,15H,10-12,14H2,1-2H3. The summed E-state index contributed by atoms with van der Waals surface area (Å²) in [6, 6.07) is 14.7. The second-order valence-corrected chi connectivity index (χ2v) is 6.86. The molecular weight excluding hydrogens is 326 g/mol. The van der Waals surface area contributed by atoms with Crippen LogP contribution in [0, 0.1) is 0 Å². The molecule has 1 fully saturated rings. The normalized spacial score (nSPS) is 18.2. The summed E-state index contributed by atoms with van der Waals surface area (Å²) in [5.74, 6) is 2.20. The third kappa shape index (κ3) is 3.60. The van der Waals surface area contributed by atoms with Crippen molar-refractivity contribution >= 4 is 5.82 Å². The van der Waals surface area contributed by atoms with Crippen LogP contribution >= 0.6 is 0 Å². The molecule has 0 spiro atoms. The van der Waals surface area contributed by atoms with Gasteiger partial charge in [0.05, 0.1) is 5.56 Å². The molecule has 0 amide bonds. The number of anilines is 1. The van der Waals surface area contributed by atoms with Crippen LogP contribution in [-0.2, 0) is 6.42 Å². The third-order valence-electron chi connectivity index (χ3n) is 4.95. The van der Waals surface area contributed by atoms with Crippen LogP contribution in [0.4, 0.5) is 5.82 Å². The van der Waals surface area contributed by atoms with Gasteiger partial charge in [-0.05, 0) is 31.7 Å². The van der Waals surface area contributed by atoms with Crippen LogP contribution in [0.15, 0.2) is 53.2 Å². The topological polar surface area (TPSA) is 58.3 Å². The maximum Gasteiger partial charge on any atom is 0.259 e. The van der Waals surface area contributed by atoms with Gasteiger partial charge in [-0.25, -0.2) is 4.98 Å². The summed E-state index contributed by atoms with van der Waals surface area (Å²) < 4.78 is 5.42. The minimum Gasteiger partial charge on any atom is -0.354 e. The van der Waals surface area contributed by atoms with Crippen molar-refractivity contribution in [1.29, 1.82) is 0 Å². The molecule has 1 saturated heterocycles. The van der Waals surface area contributed by atoms with E-state index in [1.54, 1.807) is 0 Å². The van der Waals surface area contributed by atoms with Crippen molar-refractivity contribution in [3.05, 3.63) is 60.0 Å². The lowest BCUT2D eigenvalue weighted by atomic mass is 10.1. The lowest BCUT2D eigenvalue weighted by Gasteiger charge is -2.38. The second kappa shape index (κ2) is 7.25. The van der Waals surface area contributed by atoms with Crippen molar-refractivity contribution in [1.82, 2.24) is 20.0 Å². The minimum atomic E-state index is 0.515. The smallest absolute Gasteiger partial charge is 0.259 e. The van der Waals surface area contributed by atoms with Crippen molar-refractivity contribution < 1.29 is 4.52 Å². The van der Waals surface area contributed by atoms with Crippen LogP contribution in [0.3, 0.4) is 0 Å². The van der Waals surface area contributed by atoms with Crippen molar-refractivity contribution in [2.75, 3.05) is 31.6 Å². The van der Waals surface area contributed by atoms with Crippen LogP contribution in [0.5, 0.6) is 0 Å². The fraction of sp³-hybridized carbons (Fsp3) is 0.350. The summed E-state index contributed by atoms with van der Waals surface area (Å²) in [5.41, 5.74) is 2.01. The molecule has 1 aromatic carbocycles. The van der Waals surface area contributed by atoms with E-state index in [9.17, 15) is 0 Å². The van der Waals surface area contributed by atoms with Crippen LogP contribution in [0.25, 0.3) is 11.5 Å². The highest BCUT2D eigenvalue weighted by Gasteiger charge is 2.21. The summed E-state index contributed by atoms with van der Waals surface area (Å²) in [4.78, 5) is 13.8. The lowest BCUT2D eigenvalue weighted by molar-refractivity contribution is 0.233. The molecule has 26 heavy (non-hydrogen) atoms. The quantitative estimate of drug-likeness (QED) is 0.722. The number of rotatable bonds is 4. The van der Waals surface area contributed by atoms with Crippen molar-refractivity contribution in [3.63, 3.8) is 0 Å². The lowest BCUT2D eigenvalue weighted by Crippen LogP contribution is -2.50. The van der Waals surface area contributed by atoms with Gasteiger partial charge in [-0.1, -0.05) is 35.5 Å². The second-order valence-electron chi connectivity index (χ2n) is 6.86. The number of pyridine rings is 1. The molecule has 1 aliphatic heterocycles. The van der Waals surface area contributed by atoms with E-state index < -0.39 is 0 Å². The Morgan fingerprint density at radius 3 is 2.69 bits per heavy atom. The molecule has 134 valence electrons. The zero-order valence-electron chi connectivity index (χ0n) is 15.2. The van der Waals surface area contributed by atoms with Crippen molar-refractivity contribution in [2.45, 2.75) is 19.4 Å². The highest BCUT2D eigenvalue weighted by molar-refractivity contribution is 5.55. The molecule has 0 aliphatic carbocycles. The highest BCUT2D eigenvalue weighted by Crippen LogP contribution is 2.21. The zero-order chi connectivity index (χ0) is 17.9. The Bertz CT molecular complexity index is 846. The predicted molar refractivity (Wildman–Crippen MR) is 101 cm³/mol. The molecule has 1 unspecified atom stereocenters. The molecule has 6 heteroatoms. The number of hydrogen-bond acceptors (Lipinski definition) is 6. The highest BCUT2D eigenvalue weighted by atomic mass is 16.5. The van der Waals surface area contributed by atoms with E-state index in [4.69, 9.17) is 4.52 Å². The number of likely N-dealkylation sites (N-methyl/N-ethyl adjacent to an activating group) is 1. The molecule has 3 aromatic rings. The minimum absolute atomic E-state index is 0.515. The van der Waals surface area contributed by atoms with Gasteiger partial charge in [-0.15, -0.1) is 0 Å². The maximum atomic E-state index is 5.42. The average Bonchev–Trinajstić information content (AvgIpc) is 3.13. The molecule has 0 N–H and O–H groups in total. The number of nitrogens with zero attached hydrogens (tertiary/aromatic N) is 5. The summed E-state index contributed by atoms with van der Waals surface area (Å²) in [6.07, 6.45) is 2.48. The molecule has 0 radical (unpaired) electrons. The van der Waals surface area contributed by atoms with E-state index in [0.29, 0.717) is 24.2 Å². The molecule has 3 heterocycles. The SMILES string of the molecule is CC1CN(c2ccc(-c3nc(Cc4ccccc4)no3)cn2)CCN1C. The molecule has 0 bridgehead atoms. The van der Waals surface area contributed by atoms with Gasteiger partial charge in [0.1, 0.15) is 5.82 Å². The molecular formula is C20H23N5O. The Labute approximate surface area is 153 Å². The van der Waals surface area contributed by atoms with Crippen LogP contribution in [0.1, 0.15) is 18.3 Å². The van der Waals surface area contributed by atoms with Gasteiger partial charge in [0, 0.05) is 38.3 Å². The zero-order valence-corrected chi connectivity index (χ0v) is 15.2. The van der Waals surface area contributed by atoms with Crippen molar-refractivity contribution in [3.8, 4) is 11.5 Å². The Hall–Kier alpha value is -2.73. The summed E-state index contributed by atoms with van der Waals surface area (Å²) in [5, 5.41) is 4.09. The Morgan fingerprint density at radius 1 is 1.12 bits per heavy atom. The van der Waals surface area contributed by atoms with Gasteiger partial charge in [0.25, 0.3) is 5.89 Å². The van der Waals surface area contributed by atoms with Crippen LogP contribution < -0.4 is 4.90 Å². The maximum absolute atomic E-state index is 5.42. The third-order valence-corrected chi connectivity index (χ3v) is 4.95. The first-order chi connectivity index (χ1) is 12.7. The van der Waals surface area contributed by atoms with E-state index in [1.165, 1.54) is 0 Å². The molecule has 1 atom stereocenters. The van der Waals surface area contributed by atoms with E-state index in [-0.39, 0.29) is 0 Å². The number of benzene rings is 1. The predicted octanol–water partition coefficient (Wildman–Crippen LogP) is 2.86. The molecule has 0 saturated carbocycles. The van der Waals surface area contributed by atoms with Crippen LogP contribution in [0.2, 0.25) is 0 Å². The number of aromatic nitrogens is 3. The Balaban J connectivity index is 1.46. The molecule has 2 aromatic heterocycles. The van der Waals surface area contributed by atoms with E-state index >= 15 is 0 Å². The van der Waals surface area contributed by atoms with Gasteiger partial charge in [0.2, 0.25) is 0 Å². The first-order valence-electron chi connectivity index (χ1n) is 8.97. The number of hydrogen-bond donors (Lipinski definition) is 0. The number of piperazine rings is 1. The fourth-order valence-corrected chi connectivity index (χ4v) is 3.18. The Kier molecular flexibility index (Phi) is 4.67. The largest absolute Gasteiger partial charge is 0.354 e. The summed E-state index contributed by atoms with van der Waals surface area (Å²) in [7, 11) is 2.17. The fourth-order valence-electron chi connectivity index (χ4n) is 3.18. The summed E-state index contributed by atoms with van der Waals surface area (Å²) >= 11 is 0. The van der Waals surface area contributed by atoms with Gasteiger partial charge < -0.3 is 14.3 Å². The van der Waals surface area contributed by atoms with Gasteiger partial charge in [-0.2, -0.15) is 4.98 Å². The monoisotopic (exact) mass is 349 g/mol. The van der Waals surface area contributed by atoms with Crippen LogP contribution in [-0.4, -0.2) is 52.7 Å². The molecule has 6 nitrogen and oxygen atoms in total. The van der Waals surface area contributed by atoms with E-state index in [0.717, 1.165) is 36.6 Å². The van der Waals surface area contributed by atoms with E-state index in [1.807, 2.05) is 36.5 Å². The molecule has 1 aliphatic rings. The Morgan fingerprint density at radius 2 is 1.96 bits per heavy atom. The average molecular weight is 349 g/mol. The first kappa shape index (κ1) is 16.7. The molecule has 4 rings (SSSR count). The van der Waals surface area contributed by atoms with E-state index in [2.05, 4.69) is 51.0 Å². The van der Waals surface area contributed by atoms with Crippen molar-refractivity contribution in [2.24, 2.45) is 0 Å². The first-order valence-corrected chi connectivity index (χ1v) is 8.97. The van der Waals surface area contributed by atoms with Gasteiger partial charge >= 0.3 is 0 Å².